The lowest BCUT2D eigenvalue weighted by atomic mass is 10.1. The fourth-order valence-corrected chi connectivity index (χ4v) is 2.75. The second kappa shape index (κ2) is 3.01. The first-order valence-corrected chi connectivity index (χ1v) is 5.73. The minimum absolute atomic E-state index is 0.727. The summed E-state index contributed by atoms with van der Waals surface area (Å²) in [5, 5.41) is 3.39. The molecule has 1 N–H and O–H groups in total. The van der Waals surface area contributed by atoms with Gasteiger partial charge in [0.15, 0.2) is 0 Å². The molecule has 0 bridgehead atoms. The summed E-state index contributed by atoms with van der Waals surface area (Å²) in [6, 6.07) is 0. The van der Waals surface area contributed by atoms with Crippen molar-refractivity contribution in [2.45, 2.75) is 45.1 Å². The fraction of sp³-hybridized carbons (Fsp3) is 0.727. The third kappa shape index (κ3) is 1.01. The Morgan fingerprint density at radius 2 is 2.50 bits per heavy atom. The lowest BCUT2D eigenvalue weighted by Crippen LogP contribution is -2.18. The predicted octanol–water partition coefficient (Wildman–Crippen LogP) is 2.14. The minimum Gasteiger partial charge on any atom is -0.356 e. The Kier molecular flexibility index (Phi) is 1.79. The molecule has 0 saturated heterocycles. The van der Waals surface area contributed by atoms with E-state index < -0.39 is 0 Å². The smallest absolute Gasteiger partial charge is 0.203 e. The molecule has 1 aromatic heterocycles. The molecular weight excluding hydrogens is 174 g/mol. The number of nitrogens with one attached hydrogen (secondary N) is 1. The first-order valence-electron chi connectivity index (χ1n) is 5.73. The molecule has 3 rings (SSSR count). The first-order chi connectivity index (χ1) is 6.90. The van der Waals surface area contributed by atoms with Gasteiger partial charge in [-0.15, -0.1) is 0 Å². The molecule has 1 aliphatic carbocycles. The second-order valence-corrected chi connectivity index (χ2v) is 4.34. The van der Waals surface area contributed by atoms with E-state index in [9.17, 15) is 0 Å². The minimum atomic E-state index is 0.727. The van der Waals surface area contributed by atoms with Gasteiger partial charge in [0.05, 0.1) is 5.69 Å². The average molecular weight is 191 g/mol. The maximum Gasteiger partial charge on any atom is 0.203 e. The number of imidazole rings is 1. The van der Waals surface area contributed by atoms with Crippen LogP contribution in [0.15, 0.2) is 0 Å². The number of fused-ring (bicyclic) bond motifs is 3. The van der Waals surface area contributed by atoms with Crippen molar-refractivity contribution in [2.75, 3.05) is 11.9 Å². The highest BCUT2D eigenvalue weighted by atomic mass is 15.2. The zero-order valence-electron chi connectivity index (χ0n) is 8.71. The zero-order valence-corrected chi connectivity index (χ0v) is 8.71. The molecule has 0 fully saturated rings. The molecule has 1 aliphatic heterocycles. The lowest BCUT2D eigenvalue weighted by molar-refractivity contribution is 0.591. The Balaban J connectivity index is 2.05. The van der Waals surface area contributed by atoms with Gasteiger partial charge in [0.25, 0.3) is 0 Å². The quantitative estimate of drug-likeness (QED) is 0.737. The van der Waals surface area contributed by atoms with Crippen LogP contribution in [-0.2, 0) is 13.0 Å². The largest absolute Gasteiger partial charge is 0.356 e. The Bertz CT molecular complexity index is 354. The van der Waals surface area contributed by atoms with Crippen molar-refractivity contribution in [3.8, 4) is 0 Å². The molecule has 3 heteroatoms. The topological polar surface area (TPSA) is 29.9 Å². The van der Waals surface area contributed by atoms with E-state index in [-0.39, 0.29) is 0 Å². The van der Waals surface area contributed by atoms with E-state index in [1.54, 1.807) is 0 Å². The molecular formula is C11H17N3. The third-order valence-electron chi connectivity index (χ3n) is 3.55. The van der Waals surface area contributed by atoms with Crippen molar-refractivity contribution in [1.82, 2.24) is 9.55 Å². The van der Waals surface area contributed by atoms with Crippen molar-refractivity contribution in [3.05, 3.63) is 11.4 Å². The maximum absolute atomic E-state index is 4.74. The van der Waals surface area contributed by atoms with E-state index in [1.165, 1.54) is 43.6 Å². The summed E-state index contributed by atoms with van der Waals surface area (Å²) in [5.41, 5.74) is 2.90. The summed E-state index contributed by atoms with van der Waals surface area (Å²) < 4.78 is 2.40. The van der Waals surface area contributed by atoms with Gasteiger partial charge in [0, 0.05) is 24.7 Å². The van der Waals surface area contributed by atoms with E-state index in [2.05, 4.69) is 16.8 Å². The van der Waals surface area contributed by atoms with Crippen LogP contribution in [0.2, 0.25) is 0 Å². The summed E-state index contributed by atoms with van der Waals surface area (Å²) in [6.45, 7) is 4.53. The predicted molar refractivity (Wildman–Crippen MR) is 56.7 cm³/mol. The highest BCUT2D eigenvalue weighted by molar-refractivity contribution is 5.39. The number of aromatic nitrogens is 2. The summed E-state index contributed by atoms with van der Waals surface area (Å²) in [6.07, 6.45) is 5.03. The second-order valence-electron chi connectivity index (χ2n) is 4.34. The summed E-state index contributed by atoms with van der Waals surface area (Å²) >= 11 is 0. The zero-order chi connectivity index (χ0) is 9.54. The van der Waals surface area contributed by atoms with E-state index in [0.717, 1.165) is 18.4 Å². The van der Waals surface area contributed by atoms with Gasteiger partial charge in [-0.3, -0.25) is 0 Å². The molecule has 76 valence electrons. The third-order valence-corrected chi connectivity index (χ3v) is 3.55. The van der Waals surface area contributed by atoms with Crippen molar-refractivity contribution in [3.63, 3.8) is 0 Å². The maximum atomic E-state index is 4.74. The van der Waals surface area contributed by atoms with Gasteiger partial charge in [-0.1, -0.05) is 6.92 Å². The van der Waals surface area contributed by atoms with Gasteiger partial charge in [0.1, 0.15) is 0 Å². The van der Waals surface area contributed by atoms with Gasteiger partial charge in [0.2, 0.25) is 5.95 Å². The standard InChI is InChI=1S/C11H17N3/c1-2-8-4-5-9-10(8)13-11-12-6-3-7-14(9)11/h8H,2-7H2,1H3,(H,12,13). The molecule has 1 unspecified atom stereocenters. The monoisotopic (exact) mass is 191 g/mol. The van der Waals surface area contributed by atoms with Crippen LogP contribution in [0, 0.1) is 0 Å². The van der Waals surface area contributed by atoms with Crippen molar-refractivity contribution in [2.24, 2.45) is 0 Å². The molecule has 1 atom stereocenters. The van der Waals surface area contributed by atoms with Crippen LogP contribution < -0.4 is 5.32 Å². The van der Waals surface area contributed by atoms with E-state index in [1.807, 2.05) is 0 Å². The van der Waals surface area contributed by atoms with Gasteiger partial charge in [-0.2, -0.15) is 0 Å². The van der Waals surface area contributed by atoms with Crippen LogP contribution in [0.5, 0.6) is 0 Å². The molecule has 2 aliphatic rings. The lowest BCUT2D eigenvalue weighted by Gasteiger charge is -2.17. The fourth-order valence-electron chi connectivity index (χ4n) is 2.75. The molecule has 1 aromatic rings. The molecule has 0 saturated carbocycles. The van der Waals surface area contributed by atoms with Gasteiger partial charge in [-0.25, -0.2) is 4.98 Å². The summed E-state index contributed by atoms with van der Waals surface area (Å²) in [7, 11) is 0. The SMILES string of the molecule is CCC1CCc2c1nc1n2CCCN1. The highest BCUT2D eigenvalue weighted by Gasteiger charge is 2.29. The van der Waals surface area contributed by atoms with Crippen LogP contribution in [-0.4, -0.2) is 16.1 Å². The highest BCUT2D eigenvalue weighted by Crippen LogP contribution is 2.37. The molecule has 0 spiro atoms. The molecule has 2 heterocycles. The van der Waals surface area contributed by atoms with Crippen molar-refractivity contribution in [1.29, 1.82) is 0 Å². The Labute approximate surface area is 84.5 Å². The van der Waals surface area contributed by atoms with Crippen molar-refractivity contribution >= 4 is 5.95 Å². The van der Waals surface area contributed by atoms with Crippen LogP contribution >= 0.6 is 0 Å². The molecule has 0 amide bonds. The van der Waals surface area contributed by atoms with Crippen LogP contribution in [0.1, 0.15) is 43.5 Å². The number of hydrogen-bond donors (Lipinski definition) is 1. The van der Waals surface area contributed by atoms with E-state index in [0.29, 0.717) is 0 Å². The van der Waals surface area contributed by atoms with E-state index >= 15 is 0 Å². The molecule has 14 heavy (non-hydrogen) atoms. The van der Waals surface area contributed by atoms with Gasteiger partial charge in [-0.05, 0) is 25.7 Å². The average Bonchev–Trinajstić information content (AvgIpc) is 2.75. The van der Waals surface area contributed by atoms with Crippen LogP contribution in [0.25, 0.3) is 0 Å². The normalized spacial score (nSPS) is 24.2. The Morgan fingerprint density at radius 1 is 1.57 bits per heavy atom. The Hall–Kier alpha value is -0.990. The van der Waals surface area contributed by atoms with Crippen LogP contribution in [0.3, 0.4) is 0 Å². The molecule has 0 aromatic carbocycles. The summed E-state index contributed by atoms with van der Waals surface area (Å²) in [5.74, 6) is 1.85. The number of nitrogens with zero attached hydrogens (tertiary/aromatic N) is 2. The van der Waals surface area contributed by atoms with Crippen LogP contribution in [0.4, 0.5) is 5.95 Å². The van der Waals surface area contributed by atoms with E-state index in [4.69, 9.17) is 4.98 Å². The first kappa shape index (κ1) is 8.33. The number of rotatable bonds is 1. The molecule has 3 nitrogen and oxygen atoms in total. The van der Waals surface area contributed by atoms with Gasteiger partial charge >= 0.3 is 0 Å². The van der Waals surface area contributed by atoms with Crippen molar-refractivity contribution < 1.29 is 0 Å². The number of anilines is 1. The van der Waals surface area contributed by atoms with Gasteiger partial charge < -0.3 is 9.88 Å². The Morgan fingerprint density at radius 3 is 3.36 bits per heavy atom. The summed E-state index contributed by atoms with van der Waals surface area (Å²) in [4.78, 5) is 4.74. The number of hydrogen-bond acceptors (Lipinski definition) is 2. The molecule has 0 radical (unpaired) electrons.